The molecule has 1 heterocycles. The summed E-state index contributed by atoms with van der Waals surface area (Å²) in [5.74, 6) is 0. The van der Waals surface area contributed by atoms with Gasteiger partial charge >= 0.3 is 0 Å². The van der Waals surface area contributed by atoms with Crippen molar-refractivity contribution in [1.29, 1.82) is 0 Å². The fraction of sp³-hybridized carbons (Fsp3) is 0.714. The van der Waals surface area contributed by atoms with Gasteiger partial charge in [0, 0.05) is 30.5 Å². The van der Waals surface area contributed by atoms with Gasteiger partial charge in [-0.2, -0.15) is 0 Å². The number of rotatable bonds is 8. The molecule has 2 rings (SSSR count). The maximum atomic E-state index is 12.4. The van der Waals surface area contributed by atoms with Gasteiger partial charge in [0.25, 0.3) is 0 Å². The molecule has 1 aliphatic rings. The van der Waals surface area contributed by atoms with Crippen LogP contribution in [0.5, 0.6) is 0 Å². The normalized spacial score (nSPS) is 17.4. The minimum Gasteiger partial charge on any atom is -0.349 e. The third-order valence-electron chi connectivity index (χ3n) is 3.73. The van der Waals surface area contributed by atoms with Gasteiger partial charge < -0.3 is 9.88 Å². The van der Waals surface area contributed by atoms with E-state index in [1.165, 1.54) is 0 Å². The van der Waals surface area contributed by atoms with E-state index in [0.29, 0.717) is 11.4 Å². The van der Waals surface area contributed by atoms with Gasteiger partial charge in [-0.25, -0.2) is 13.1 Å². The zero-order valence-corrected chi connectivity index (χ0v) is 13.4. The zero-order valence-electron chi connectivity index (χ0n) is 12.6. The smallest absolute Gasteiger partial charge is 0.242 e. The number of aromatic nitrogens is 1. The lowest BCUT2D eigenvalue weighted by Crippen LogP contribution is -2.34. The molecular formula is C14H25N3O2S. The summed E-state index contributed by atoms with van der Waals surface area (Å²) < 4.78 is 29.5. The number of nitrogens with one attached hydrogen (secondary N) is 2. The van der Waals surface area contributed by atoms with Crippen LogP contribution in [0, 0.1) is 0 Å². The molecule has 0 bridgehead atoms. The Kier molecular flexibility index (Phi) is 4.56. The fourth-order valence-corrected chi connectivity index (χ4v) is 3.71. The summed E-state index contributed by atoms with van der Waals surface area (Å²) in [6.45, 7) is 8.50. The molecule has 20 heavy (non-hydrogen) atoms. The highest BCUT2D eigenvalue weighted by molar-refractivity contribution is 7.89. The van der Waals surface area contributed by atoms with Gasteiger partial charge in [-0.1, -0.05) is 6.92 Å². The van der Waals surface area contributed by atoms with Crippen LogP contribution in [0.1, 0.15) is 45.7 Å². The van der Waals surface area contributed by atoms with Crippen molar-refractivity contribution >= 4 is 10.0 Å². The molecule has 1 aromatic rings. The van der Waals surface area contributed by atoms with Crippen LogP contribution in [-0.2, 0) is 23.1 Å². The molecule has 1 fully saturated rings. The molecule has 114 valence electrons. The van der Waals surface area contributed by atoms with Crippen LogP contribution in [-0.4, -0.2) is 25.1 Å². The topological polar surface area (TPSA) is 63.1 Å². The summed E-state index contributed by atoms with van der Waals surface area (Å²) in [4.78, 5) is 0.376. The highest BCUT2D eigenvalue weighted by Crippen LogP contribution is 2.36. The summed E-state index contributed by atoms with van der Waals surface area (Å²) in [6.07, 6.45) is 4.65. The molecule has 0 unspecified atom stereocenters. The van der Waals surface area contributed by atoms with Crippen molar-refractivity contribution in [3.05, 3.63) is 18.0 Å². The Hall–Kier alpha value is -0.850. The Balaban J connectivity index is 2.15. The average molecular weight is 299 g/mol. The maximum absolute atomic E-state index is 12.4. The second-order valence-electron chi connectivity index (χ2n) is 5.80. The molecule has 5 nitrogen and oxygen atoms in total. The lowest BCUT2D eigenvalue weighted by atomic mass is 10.4. The van der Waals surface area contributed by atoms with Crippen molar-refractivity contribution in [1.82, 2.24) is 14.6 Å². The molecular weight excluding hydrogens is 274 g/mol. The first kappa shape index (κ1) is 15.5. The van der Waals surface area contributed by atoms with Gasteiger partial charge in [0.15, 0.2) is 0 Å². The van der Waals surface area contributed by atoms with E-state index in [2.05, 4.69) is 17.0 Å². The van der Waals surface area contributed by atoms with Gasteiger partial charge in [-0.3, -0.25) is 0 Å². The van der Waals surface area contributed by atoms with Gasteiger partial charge in [0.1, 0.15) is 0 Å². The molecule has 0 saturated heterocycles. The molecule has 0 atom stereocenters. The Bertz CT molecular complexity index is 559. The lowest BCUT2D eigenvalue weighted by molar-refractivity contribution is 0.557. The van der Waals surface area contributed by atoms with Crippen LogP contribution in [0.2, 0.25) is 0 Å². The second kappa shape index (κ2) is 5.87. The number of aryl methyl sites for hydroxylation is 1. The summed E-state index contributed by atoms with van der Waals surface area (Å²) in [6, 6.07) is 1.78. The number of sulfonamides is 1. The van der Waals surface area contributed by atoms with Crippen LogP contribution >= 0.6 is 0 Å². The van der Waals surface area contributed by atoms with Crippen LogP contribution in [0.15, 0.2) is 17.2 Å². The van der Waals surface area contributed by atoms with E-state index >= 15 is 0 Å². The third kappa shape index (κ3) is 3.62. The molecule has 0 amide bonds. The third-order valence-corrected chi connectivity index (χ3v) is 5.33. The highest BCUT2D eigenvalue weighted by Gasteiger charge is 2.41. The average Bonchev–Trinajstić information content (AvgIpc) is 2.93. The zero-order chi connectivity index (χ0) is 14.8. The van der Waals surface area contributed by atoms with Crippen molar-refractivity contribution in [2.45, 2.75) is 63.6 Å². The van der Waals surface area contributed by atoms with E-state index in [1.54, 1.807) is 12.3 Å². The predicted molar refractivity (Wildman–Crippen MR) is 80.1 cm³/mol. The number of hydrogen-bond donors (Lipinski definition) is 2. The fourth-order valence-electron chi connectivity index (χ4n) is 2.18. The second-order valence-corrected chi connectivity index (χ2v) is 7.48. The molecule has 0 spiro atoms. The molecule has 1 saturated carbocycles. The summed E-state index contributed by atoms with van der Waals surface area (Å²) in [5, 5.41) is 3.32. The molecule has 1 aliphatic carbocycles. The monoisotopic (exact) mass is 299 g/mol. The minimum absolute atomic E-state index is 0.228. The summed E-state index contributed by atoms with van der Waals surface area (Å²) >= 11 is 0. The maximum Gasteiger partial charge on any atom is 0.242 e. The largest absolute Gasteiger partial charge is 0.349 e. The first-order chi connectivity index (χ1) is 9.40. The van der Waals surface area contributed by atoms with Crippen LogP contribution in [0.25, 0.3) is 0 Å². The van der Waals surface area contributed by atoms with Gasteiger partial charge in [0.2, 0.25) is 10.0 Å². The number of hydrogen-bond acceptors (Lipinski definition) is 3. The van der Waals surface area contributed by atoms with Crippen molar-refractivity contribution in [2.75, 3.05) is 6.54 Å². The quantitative estimate of drug-likeness (QED) is 0.720. The van der Waals surface area contributed by atoms with E-state index in [9.17, 15) is 8.42 Å². The molecule has 6 heteroatoms. The van der Waals surface area contributed by atoms with E-state index in [1.807, 2.05) is 18.4 Å². The first-order valence-corrected chi connectivity index (χ1v) is 8.82. The van der Waals surface area contributed by atoms with E-state index in [-0.39, 0.29) is 5.54 Å². The van der Waals surface area contributed by atoms with Crippen LogP contribution in [0.3, 0.4) is 0 Å². The summed E-state index contributed by atoms with van der Waals surface area (Å²) in [5.41, 5.74) is 0.788. The first-order valence-electron chi connectivity index (χ1n) is 7.34. The molecule has 2 N–H and O–H groups in total. The molecule has 1 aromatic heterocycles. The lowest BCUT2D eigenvalue weighted by Gasteiger charge is -2.10. The molecule has 0 radical (unpaired) electrons. The highest BCUT2D eigenvalue weighted by atomic mass is 32.2. The van der Waals surface area contributed by atoms with Crippen molar-refractivity contribution in [3.63, 3.8) is 0 Å². The van der Waals surface area contributed by atoms with Crippen molar-refractivity contribution in [3.8, 4) is 0 Å². The van der Waals surface area contributed by atoms with Gasteiger partial charge in [0.05, 0.1) is 4.90 Å². The van der Waals surface area contributed by atoms with Gasteiger partial charge in [-0.15, -0.1) is 0 Å². The Morgan fingerprint density at radius 2 is 2.05 bits per heavy atom. The Morgan fingerprint density at radius 3 is 2.60 bits per heavy atom. The Morgan fingerprint density at radius 1 is 1.35 bits per heavy atom. The van der Waals surface area contributed by atoms with Crippen molar-refractivity contribution in [2.24, 2.45) is 0 Å². The van der Waals surface area contributed by atoms with Crippen LogP contribution < -0.4 is 10.0 Å². The van der Waals surface area contributed by atoms with Crippen LogP contribution in [0.4, 0.5) is 0 Å². The number of nitrogens with zero attached hydrogens (tertiary/aromatic N) is 1. The summed E-state index contributed by atoms with van der Waals surface area (Å²) in [7, 11) is -3.40. The SMILES string of the molecule is CCCNCc1cc(S(=O)(=O)NC2(C)CC2)cn1CC. The predicted octanol–water partition coefficient (Wildman–Crippen LogP) is 1.84. The van der Waals surface area contributed by atoms with E-state index < -0.39 is 10.0 Å². The van der Waals surface area contributed by atoms with E-state index in [4.69, 9.17) is 0 Å². The standard InChI is InChI=1S/C14H25N3O2S/c1-4-8-15-10-12-9-13(11-17(12)5-2)20(18,19)16-14(3)6-7-14/h9,11,15-16H,4-8,10H2,1-3H3. The van der Waals surface area contributed by atoms with E-state index in [0.717, 1.165) is 38.0 Å². The Labute approximate surface area is 121 Å². The molecule has 0 aliphatic heterocycles. The molecule has 0 aromatic carbocycles. The van der Waals surface area contributed by atoms with Gasteiger partial charge in [-0.05, 0) is 45.7 Å². The van der Waals surface area contributed by atoms with Crippen molar-refractivity contribution < 1.29 is 8.42 Å². The minimum atomic E-state index is -3.40.